The number of amides is 1. The van der Waals surface area contributed by atoms with Gasteiger partial charge >= 0.3 is 0 Å². The number of carbonyl (C=O) groups is 1. The van der Waals surface area contributed by atoms with Gasteiger partial charge in [-0.25, -0.2) is 0 Å². The van der Waals surface area contributed by atoms with Gasteiger partial charge in [-0.3, -0.25) is 4.79 Å². The molecule has 3 nitrogen and oxygen atoms in total. The largest absolute Gasteiger partial charge is 0.394 e. The molecule has 0 saturated heterocycles. The molecule has 1 N–H and O–H groups in total. The van der Waals surface area contributed by atoms with Crippen molar-refractivity contribution in [2.75, 3.05) is 13.7 Å². The number of rotatable bonds is 4. The second kappa shape index (κ2) is 4.39. The summed E-state index contributed by atoms with van der Waals surface area (Å²) in [5.41, 5.74) is 0.236. The molecule has 1 aromatic rings. The van der Waals surface area contributed by atoms with Gasteiger partial charge in [-0.2, -0.15) is 0 Å². The third-order valence-corrected chi connectivity index (χ3v) is 4.09. The van der Waals surface area contributed by atoms with Crippen LogP contribution in [0.15, 0.2) is 30.3 Å². The van der Waals surface area contributed by atoms with Crippen LogP contribution >= 0.6 is 0 Å². The highest BCUT2D eigenvalue weighted by atomic mass is 16.3. The molecule has 1 amide bonds. The molecule has 0 radical (unpaired) electrons. The molecular weight excluding hydrogens is 226 g/mol. The number of aliphatic hydroxyl groups excluding tert-OH is 1. The van der Waals surface area contributed by atoms with Crippen molar-refractivity contribution in [1.82, 2.24) is 4.90 Å². The van der Waals surface area contributed by atoms with Crippen LogP contribution in [-0.4, -0.2) is 35.1 Å². The number of aliphatic hydroxyl groups is 1. The lowest BCUT2D eigenvalue weighted by Gasteiger charge is -2.36. The lowest BCUT2D eigenvalue weighted by Crippen LogP contribution is -2.51. The van der Waals surface area contributed by atoms with E-state index in [0.717, 1.165) is 18.4 Å². The second-order valence-electron chi connectivity index (χ2n) is 5.78. The molecule has 1 aliphatic rings. The minimum atomic E-state index is -0.512. The Labute approximate surface area is 108 Å². The van der Waals surface area contributed by atoms with E-state index in [1.165, 1.54) is 0 Å². The number of nitrogens with zero attached hydrogens (tertiary/aromatic N) is 1. The molecule has 1 saturated carbocycles. The Bertz CT molecular complexity index is 435. The molecule has 0 bridgehead atoms. The average molecular weight is 247 g/mol. The number of benzene rings is 1. The fourth-order valence-corrected chi connectivity index (χ4v) is 2.21. The molecular formula is C15H21NO2. The van der Waals surface area contributed by atoms with Gasteiger partial charge in [0.25, 0.3) is 0 Å². The van der Waals surface area contributed by atoms with Crippen molar-refractivity contribution in [2.24, 2.45) is 0 Å². The quantitative estimate of drug-likeness (QED) is 0.883. The van der Waals surface area contributed by atoms with E-state index < -0.39 is 5.54 Å². The topological polar surface area (TPSA) is 40.5 Å². The molecule has 3 heteroatoms. The minimum absolute atomic E-state index is 0.0277. The molecule has 0 unspecified atom stereocenters. The molecule has 0 aromatic heterocycles. The first-order valence-corrected chi connectivity index (χ1v) is 6.39. The number of likely N-dealkylation sites (N-methyl/N-ethyl adjacent to an activating group) is 1. The first-order valence-electron chi connectivity index (χ1n) is 6.39. The fraction of sp³-hybridized carbons (Fsp3) is 0.533. The minimum Gasteiger partial charge on any atom is -0.394 e. The van der Waals surface area contributed by atoms with E-state index in [0.29, 0.717) is 0 Å². The fourth-order valence-electron chi connectivity index (χ4n) is 2.21. The summed E-state index contributed by atoms with van der Waals surface area (Å²) in [6.45, 7) is 3.73. The monoisotopic (exact) mass is 247 g/mol. The predicted molar refractivity (Wildman–Crippen MR) is 71.3 cm³/mol. The van der Waals surface area contributed by atoms with Gasteiger partial charge in [0.2, 0.25) is 5.91 Å². The third-order valence-electron chi connectivity index (χ3n) is 4.09. The summed E-state index contributed by atoms with van der Waals surface area (Å²) in [4.78, 5) is 14.3. The molecule has 0 atom stereocenters. The van der Waals surface area contributed by atoms with E-state index >= 15 is 0 Å². The maximum absolute atomic E-state index is 12.6. The second-order valence-corrected chi connectivity index (χ2v) is 5.78. The molecule has 18 heavy (non-hydrogen) atoms. The van der Waals surface area contributed by atoms with Crippen LogP contribution < -0.4 is 0 Å². The van der Waals surface area contributed by atoms with Crippen molar-refractivity contribution in [3.8, 4) is 0 Å². The Morgan fingerprint density at radius 3 is 2.33 bits per heavy atom. The standard InChI is InChI=1S/C15H21NO2/c1-14(2,11-17)16(3)13(18)15(9-10-15)12-7-5-4-6-8-12/h4-8,17H,9-11H2,1-3H3. The van der Waals surface area contributed by atoms with E-state index in [2.05, 4.69) is 0 Å². The third kappa shape index (κ3) is 2.03. The smallest absolute Gasteiger partial charge is 0.233 e. The molecule has 0 aliphatic heterocycles. The average Bonchev–Trinajstić information content (AvgIpc) is 3.19. The van der Waals surface area contributed by atoms with Crippen molar-refractivity contribution < 1.29 is 9.90 Å². The molecule has 0 spiro atoms. The predicted octanol–water partition coefficient (Wildman–Crippen LogP) is 1.95. The van der Waals surface area contributed by atoms with Gasteiger partial charge in [0, 0.05) is 7.05 Å². The first-order chi connectivity index (χ1) is 8.44. The summed E-state index contributed by atoms with van der Waals surface area (Å²) >= 11 is 0. The van der Waals surface area contributed by atoms with Crippen LogP contribution in [0.4, 0.5) is 0 Å². The maximum Gasteiger partial charge on any atom is 0.233 e. The Morgan fingerprint density at radius 2 is 1.89 bits per heavy atom. The van der Waals surface area contributed by atoms with Crippen LogP contribution in [0, 0.1) is 0 Å². The van der Waals surface area contributed by atoms with Crippen molar-refractivity contribution in [3.05, 3.63) is 35.9 Å². The zero-order valence-electron chi connectivity index (χ0n) is 11.3. The van der Waals surface area contributed by atoms with Crippen molar-refractivity contribution in [1.29, 1.82) is 0 Å². The summed E-state index contributed by atoms with van der Waals surface area (Å²) < 4.78 is 0. The van der Waals surface area contributed by atoms with Gasteiger partial charge in [0.1, 0.15) is 0 Å². The van der Waals surface area contributed by atoms with Crippen molar-refractivity contribution >= 4 is 5.91 Å². The molecule has 1 aromatic carbocycles. The van der Waals surface area contributed by atoms with Crippen LogP contribution in [0.1, 0.15) is 32.3 Å². The molecule has 1 fully saturated rings. The lowest BCUT2D eigenvalue weighted by molar-refractivity contribution is -0.138. The van der Waals surface area contributed by atoms with Crippen molar-refractivity contribution in [3.63, 3.8) is 0 Å². The highest BCUT2D eigenvalue weighted by Crippen LogP contribution is 2.50. The number of carbonyl (C=O) groups excluding carboxylic acids is 1. The summed E-state index contributed by atoms with van der Waals surface area (Å²) in [5, 5.41) is 9.38. The zero-order valence-corrected chi connectivity index (χ0v) is 11.3. The van der Waals surface area contributed by atoms with Gasteiger partial charge in [-0.1, -0.05) is 30.3 Å². The Morgan fingerprint density at radius 1 is 1.33 bits per heavy atom. The van der Waals surface area contributed by atoms with Crippen LogP contribution in [-0.2, 0) is 10.2 Å². The maximum atomic E-state index is 12.6. The summed E-state index contributed by atoms with van der Waals surface area (Å²) in [7, 11) is 1.78. The zero-order chi connectivity index (χ0) is 13.4. The van der Waals surface area contributed by atoms with E-state index in [-0.39, 0.29) is 17.9 Å². The van der Waals surface area contributed by atoms with E-state index in [4.69, 9.17) is 0 Å². The molecule has 2 rings (SSSR count). The van der Waals surface area contributed by atoms with Gasteiger partial charge in [0.15, 0.2) is 0 Å². The Balaban J connectivity index is 2.25. The Hall–Kier alpha value is -1.35. The van der Waals surface area contributed by atoms with Crippen LogP contribution in [0.5, 0.6) is 0 Å². The molecule has 1 aliphatic carbocycles. The summed E-state index contributed by atoms with van der Waals surface area (Å²) in [6, 6.07) is 9.94. The number of hydrogen-bond acceptors (Lipinski definition) is 2. The van der Waals surface area contributed by atoms with Crippen molar-refractivity contribution in [2.45, 2.75) is 37.6 Å². The lowest BCUT2D eigenvalue weighted by atomic mass is 9.92. The SMILES string of the molecule is CN(C(=O)C1(c2ccccc2)CC1)C(C)(C)CO. The van der Waals surface area contributed by atoms with Gasteiger partial charge < -0.3 is 10.0 Å². The Kier molecular flexibility index (Phi) is 3.20. The molecule has 0 heterocycles. The van der Waals surface area contributed by atoms with Gasteiger partial charge in [-0.05, 0) is 32.3 Å². The molecule has 98 valence electrons. The normalized spacial score (nSPS) is 17.3. The van der Waals surface area contributed by atoms with Gasteiger partial charge in [0.05, 0.1) is 17.6 Å². The van der Waals surface area contributed by atoms with Gasteiger partial charge in [-0.15, -0.1) is 0 Å². The highest BCUT2D eigenvalue weighted by molar-refractivity contribution is 5.91. The summed E-state index contributed by atoms with van der Waals surface area (Å²) in [5.74, 6) is 0.118. The van der Waals surface area contributed by atoms with E-state index in [1.54, 1.807) is 11.9 Å². The van der Waals surface area contributed by atoms with Crippen LogP contribution in [0.3, 0.4) is 0 Å². The first kappa shape index (κ1) is 13.1. The van der Waals surface area contributed by atoms with E-state index in [1.807, 2.05) is 44.2 Å². The highest BCUT2D eigenvalue weighted by Gasteiger charge is 2.53. The van der Waals surface area contributed by atoms with E-state index in [9.17, 15) is 9.90 Å². The van der Waals surface area contributed by atoms with Crippen LogP contribution in [0.2, 0.25) is 0 Å². The van der Waals surface area contributed by atoms with Crippen LogP contribution in [0.25, 0.3) is 0 Å². The number of hydrogen-bond donors (Lipinski definition) is 1. The summed E-state index contributed by atoms with van der Waals surface area (Å²) in [6.07, 6.45) is 1.81.